The molecule has 0 radical (unpaired) electrons. The first kappa shape index (κ1) is 13.0. The topological polar surface area (TPSA) is 12.0 Å². The number of allylic oxidation sites excluding steroid dienone is 4. The first-order valence-corrected chi connectivity index (χ1v) is 5.17. The Morgan fingerprint density at radius 1 is 1.29 bits per heavy atom. The highest BCUT2D eigenvalue weighted by atomic mass is 15.0. The van der Waals surface area contributed by atoms with E-state index in [1.54, 1.807) is 0 Å². The van der Waals surface area contributed by atoms with E-state index in [-0.39, 0.29) is 5.54 Å². The monoisotopic (exact) mass is 193 g/mol. The summed E-state index contributed by atoms with van der Waals surface area (Å²) in [6.07, 6.45) is 7.16. The molecule has 0 fully saturated rings. The van der Waals surface area contributed by atoms with Crippen LogP contribution in [0.15, 0.2) is 36.1 Å². The Hall–Kier alpha value is -0.980. The van der Waals surface area contributed by atoms with Gasteiger partial charge in [-0.15, -0.1) is 0 Å². The van der Waals surface area contributed by atoms with Crippen LogP contribution in [0.1, 0.15) is 41.0 Å². The van der Waals surface area contributed by atoms with Crippen molar-refractivity contribution < 1.29 is 0 Å². The molecular weight excluding hydrogens is 170 g/mol. The van der Waals surface area contributed by atoms with Gasteiger partial charge in [0.25, 0.3) is 0 Å². The van der Waals surface area contributed by atoms with E-state index >= 15 is 0 Å². The zero-order chi connectivity index (χ0) is 11.2. The lowest BCUT2D eigenvalue weighted by Gasteiger charge is -2.22. The van der Waals surface area contributed by atoms with Crippen LogP contribution in [-0.2, 0) is 0 Å². The second-order valence-corrected chi connectivity index (χ2v) is 4.57. The second kappa shape index (κ2) is 5.69. The Morgan fingerprint density at radius 2 is 1.86 bits per heavy atom. The summed E-state index contributed by atoms with van der Waals surface area (Å²) in [5.74, 6) is 0. The van der Waals surface area contributed by atoms with Crippen LogP contribution in [0.25, 0.3) is 0 Å². The van der Waals surface area contributed by atoms with E-state index in [1.807, 2.05) is 6.08 Å². The maximum atomic E-state index is 3.79. The molecule has 14 heavy (non-hydrogen) atoms. The van der Waals surface area contributed by atoms with Crippen molar-refractivity contribution in [2.75, 3.05) is 0 Å². The summed E-state index contributed by atoms with van der Waals surface area (Å²) in [6.45, 7) is 14.5. The molecule has 0 saturated carbocycles. The molecule has 0 bridgehead atoms. The van der Waals surface area contributed by atoms with Crippen LogP contribution >= 0.6 is 0 Å². The third kappa shape index (κ3) is 6.53. The molecule has 0 aromatic heterocycles. The molecule has 1 N–H and O–H groups in total. The fourth-order valence-corrected chi connectivity index (χ4v) is 0.944. The fourth-order valence-electron chi connectivity index (χ4n) is 0.944. The minimum atomic E-state index is 0.0913. The number of nitrogens with one attached hydrogen (secondary N) is 1. The lowest BCUT2D eigenvalue weighted by Crippen LogP contribution is -2.34. The molecule has 0 atom stereocenters. The minimum Gasteiger partial charge on any atom is -0.380 e. The molecular formula is C13H23N. The van der Waals surface area contributed by atoms with Crippen molar-refractivity contribution in [3.8, 4) is 0 Å². The lowest BCUT2D eigenvalue weighted by atomic mass is 10.1. The molecule has 0 saturated heterocycles. The Kier molecular flexibility index (Phi) is 5.29. The van der Waals surface area contributed by atoms with Crippen LogP contribution < -0.4 is 5.32 Å². The molecule has 1 heteroatoms. The minimum absolute atomic E-state index is 0.0913. The molecule has 1 nitrogen and oxygen atoms in total. The Balaban J connectivity index is 4.49. The summed E-state index contributed by atoms with van der Waals surface area (Å²) in [6, 6.07) is 0. The molecule has 0 aromatic rings. The van der Waals surface area contributed by atoms with E-state index in [1.165, 1.54) is 5.57 Å². The van der Waals surface area contributed by atoms with E-state index in [2.05, 4.69) is 58.7 Å². The van der Waals surface area contributed by atoms with Gasteiger partial charge in [0.2, 0.25) is 0 Å². The van der Waals surface area contributed by atoms with Gasteiger partial charge in [-0.05, 0) is 46.3 Å². The summed E-state index contributed by atoms with van der Waals surface area (Å²) in [4.78, 5) is 0. The maximum absolute atomic E-state index is 3.79. The highest BCUT2D eigenvalue weighted by molar-refractivity contribution is 5.23. The normalized spacial score (nSPS) is 14.1. The molecule has 0 unspecified atom stereocenters. The first-order chi connectivity index (χ1) is 6.39. The summed E-state index contributed by atoms with van der Waals surface area (Å²) in [5.41, 5.74) is 2.54. The van der Waals surface area contributed by atoms with E-state index in [0.29, 0.717) is 0 Å². The van der Waals surface area contributed by atoms with Gasteiger partial charge in [0, 0.05) is 11.2 Å². The summed E-state index contributed by atoms with van der Waals surface area (Å²) >= 11 is 0. The molecule has 0 spiro atoms. The predicted molar refractivity (Wildman–Crippen MR) is 65.2 cm³/mol. The predicted octanol–water partition coefficient (Wildman–Crippen LogP) is 3.80. The third-order valence-electron chi connectivity index (χ3n) is 1.84. The molecule has 0 rings (SSSR count). The smallest absolute Gasteiger partial charge is 0.0338 e. The maximum Gasteiger partial charge on any atom is 0.0338 e. The van der Waals surface area contributed by atoms with Gasteiger partial charge in [-0.3, -0.25) is 0 Å². The second-order valence-electron chi connectivity index (χ2n) is 4.57. The molecule has 0 aliphatic heterocycles. The van der Waals surface area contributed by atoms with Crippen molar-refractivity contribution in [1.82, 2.24) is 5.32 Å². The van der Waals surface area contributed by atoms with Gasteiger partial charge in [0.05, 0.1) is 0 Å². The van der Waals surface area contributed by atoms with E-state index in [9.17, 15) is 0 Å². The van der Waals surface area contributed by atoms with Gasteiger partial charge in [-0.25, -0.2) is 0 Å². The van der Waals surface area contributed by atoms with E-state index < -0.39 is 0 Å². The highest BCUT2D eigenvalue weighted by Gasteiger charge is 2.08. The largest absolute Gasteiger partial charge is 0.380 e. The Bertz CT molecular complexity index is 238. The van der Waals surface area contributed by atoms with Crippen molar-refractivity contribution in [3.05, 3.63) is 36.1 Å². The number of hydrogen-bond donors (Lipinski definition) is 1. The van der Waals surface area contributed by atoms with E-state index in [4.69, 9.17) is 0 Å². The van der Waals surface area contributed by atoms with Crippen molar-refractivity contribution >= 4 is 0 Å². The van der Waals surface area contributed by atoms with Crippen molar-refractivity contribution in [3.63, 3.8) is 0 Å². The van der Waals surface area contributed by atoms with Crippen LogP contribution in [-0.4, -0.2) is 5.54 Å². The standard InChI is InChI=1S/C13H23N/c1-7-11(3)9-10-12(8-2)14-13(4,5)6/h8-10,14H,2,7H2,1,3-6H3/b11-9+,12-10+. The molecule has 0 heterocycles. The summed E-state index contributed by atoms with van der Waals surface area (Å²) < 4.78 is 0. The van der Waals surface area contributed by atoms with Crippen LogP contribution in [0.2, 0.25) is 0 Å². The average molecular weight is 193 g/mol. The van der Waals surface area contributed by atoms with Crippen LogP contribution in [0.3, 0.4) is 0 Å². The molecule has 0 amide bonds. The van der Waals surface area contributed by atoms with Gasteiger partial charge in [-0.1, -0.05) is 25.2 Å². The SMILES string of the molecule is C=C/C(=C\C=C(/C)CC)NC(C)(C)C. The first-order valence-electron chi connectivity index (χ1n) is 5.17. The zero-order valence-electron chi connectivity index (χ0n) is 10.1. The number of rotatable bonds is 4. The van der Waals surface area contributed by atoms with Gasteiger partial charge in [0.15, 0.2) is 0 Å². The van der Waals surface area contributed by atoms with Crippen molar-refractivity contribution in [2.45, 2.75) is 46.6 Å². The molecule has 0 aliphatic carbocycles. The van der Waals surface area contributed by atoms with Gasteiger partial charge in [0.1, 0.15) is 0 Å². The van der Waals surface area contributed by atoms with E-state index in [0.717, 1.165) is 12.1 Å². The van der Waals surface area contributed by atoms with Gasteiger partial charge in [-0.2, -0.15) is 0 Å². The number of hydrogen-bond acceptors (Lipinski definition) is 1. The molecule has 0 aromatic carbocycles. The van der Waals surface area contributed by atoms with Gasteiger partial charge >= 0.3 is 0 Å². The average Bonchev–Trinajstić information content (AvgIpc) is 2.09. The Morgan fingerprint density at radius 3 is 2.21 bits per heavy atom. The van der Waals surface area contributed by atoms with Gasteiger partial charge < -0.3 is 5.32 Å². The molecule has 80 valence electrons. The highest BCUT2D eigenvalue weighted by Crippen LogP contribution is 2.06. The fraction of sp³-hybridized carbons (Fsp3) is 0.538. The zero-order valence-corrected chi connectivity index (χ0v) is 10.1. The Labute approximate surface area is 88.6 Å². The van der Waals surface area contributed by atoms with Crippen LogP contribution in [0.4, 0.5) is 0 Å². The quantitative estimate of drug-likeness (QED) is 0.670. The molecule has 0 aliphatic rings. The summed E-state index contributed by atoms with van der Waals surface area (Å²) in [7, 11) is 0. The lowest BCUT2D eigenvalue weighted by molar-refractivity contribution is 0.479. The summed E-state index contributed by atoms with van der Waals surface area (Å²) in [5, 5.41) is 3.38. The van der Waals surface area contributed by atoms with Crippen LogP contribution in [0.5, 0.6) is 0 Å². The third-order valence-corrected chi connectivity index (χ3v) is 1.84. The van der Waals surface area contributed by atoms with Crippen LogP contribution in [0, 0.1) is 0 Å². The van der Waals surface area contributed by atoms with Crippen molar-refractivity contribution in [1.29, 1.82) is 0 Å². The van der Waals surface area contributed by atoms with Crippen molar-refractivity contribution in [2.24, 2.45) is 0 Å².